The summed E-state index contributed by atoms with van der Waals surface area (Å²) in [4.78, 5) is 8.22. The van der Waals surface area contributed by atoms with Crippen LogP contribution in [-0.2, 0) is 19.6 Å². The Kier molecular flexibility index (Phi) is 7.28. The molecule has 2 N–H and O–H groups in total. The molecule has 0 amide bonds. The number of aryl methyl sites for hydroxylation is 1. The molecule has 24 heavy (non-hydrogen) atoms. The Morgan fingerprint density at radius 3 is 2.38 bits per heavy atom. The van der Waals surface area contributed by atoms with Crippen LogP contribution in [0.4, 0.5) is 0 Å². The smallest absolute Gasteiger partial charge is 0.191 e. The fourth-order valence-corrected chi connectivity index (χ4v) is 3.22. The van der Waals surface area contributed by atoms with Gasteiger partial charge in [-0.25, -0.2) is 4.99 Å². The van der Waals surface area contributed by atoms with Crippen molar-refractivity contribution >= 4 is 17.3 Å². The molecule has 0 saturated heterocycles. The highest BCUT2D eigenvalue weighted by Gasteiger charge is 2.02. The van der Waals surface area contributed by atoms with E-state index in [2.05, 4.69) is 79.2 Å². The lowest BCUT2D eigenvalue weighted by atomic mass is 10.1. The molecular formula is C19H28N4S. The first kappa shape index (κ1) is 18.5. The number of nitrogens with one attached hydrogen (secondary N) is 2. The van der Waals surface area contributed by atoms with Gasteiger partial charge in [-0.2, -0.15) is 0 Å². The van der Waals surface area contributed by atoms with Gasteiger partial charge in [0.2, 0.25) is 0 Å². The Balaban J connectivity index is 1.93. The fraction of sp³-hybridized carbons (Fsp3) is 0.421. The summed E-state index contributed by atoms with van der Waals surface area (Å²) in [6.07, 6.45) is 0. The molecule has 0 aliphatic rings. The molecule has 130 valence electrons. The molecule has 1 aromatic heterocycles. The molecular weight excluding hydrogens is 316 g/mol. The summed E-state index contributed by atoms with van der Waals surface area (Å²) in [5.41, 5.74) is 3.88. The second-order valence-corrected chi connectivity index (χ2v) is 7.13. The van der Waals surface area contributed by atoms with E-state index in [4.69, 9.17) is 4.99 Å². The first-order valence-corrected chi connectivity index (χ1v) is 9.24. The number of guanidine groups is 1. The van der Waals surface area contributed by atoms with E-state index in [9.17, 15) is 0 Å². The van der Waals surface area contributed by atoms with Crippen molar-refractivity contribution in [3.05, 3.63) is 57.3 Å². The number of thiophene rings is 1. The summed E-state index contributed by atoms with van der Waals surface area (Å²) in [5.74, 6) is 0.864. The summed E-state index contributed by atoms with van der Waals surface area (Å²) in [6, 6.07) is 10.8. The van der Waals surface area contributed by atoms with Crippen LogP contribution in [0.1, 0.15) is 28.5 Å². The Labute approximate surface area is 149 Å². The molecule has 5 heteroatoms. The summed E-state index contributed by atoms with van der Waals surface area (Å²) in [5, 5.41) is 8.85. The predicted molar refractivity (Wildman–Crippen MR) is 105 cm³/mol. The zero-order chi connectivity index (χ0) is 17.4. The molecule has 0 spiro atoms. The summed E-state index contributed by atoms with van der Waals surface area (Å²) in [7, 11) is 4.17. The van der Waals surface area contributed by atoms with Gasteiger partial charge in [-0.15, -0.1) is 11.3 Å². The van der Waals surface area contributed by atoms with Gasteiger partial charge in [0, 0.05) is 18.0 Å². The van der Waals surface area contributed by atoms with Crippen molar-refractivity contribution in [1.82, 2.24) is 15.5 Å². The van der Waals surface area contributed by atoms with Crippen LogP contribution < -0.4 is 10.6 Å². The molecule has 0 saturated carbocycles. The Morgan fingerprint density at radius 1 is 1.08 bits per heavy atom. The van der Waals surface area contributed by atoms with Crippen LogP contribution in [0.3, 0.4) is 0 Å². The maximum Gasteiger partial charge on any atom is 0.191 e. The highest BCUT2D eigenvalue weighted by atomic mass is 32.1. The normalized spacial score (nSPS) is 11.8. The van der Waals surface area contributed by atoms with E-state index in [0.717, 1.165) is 25.6 Å². The zero-order valence-corrected chi connectivity index (χ0v) is 15.9. The summed E-state index contributed by atoms with van der Waals surface area (Å²) >= 11 is 1.78. The van der Waals surface area contributed by atoms with E-state index in [1.54, 1.807) is 11.3 Å². The Morgan fingerprint density at radius 2 is 1.79 bits per heavy atom. The number of hydrogen-bond donors (Lipinski definition) is 2. The van der Waals surface area contributed by atoms with Crippen LogP contribution in [0.15, 0.2) is 40.7 Å². The SMILES string of the molecule is CCNC(=NCc1ccc(CN(C)C)cc1)NCc1sccc1C. The molecule has 2 aromatic rings. The van der Waals surface area contributed by atoms with Gasteiger partial charge in [-0.3, -0.25) is 0 Å². The second-order valence-electron chi connectivity index (χ2n) is 6.13. The van der Waals surface area contributed by atoms with Crippen molar-refractivity contribution in [2.75, 3.05) is 20.6 Å². The number of nitrogens with zero attached hydrogens (tertiary/aromatic N) is 2. The van der Waals surface area contributed by atoms with Crippen LogP contribution in [0.25, 0.3) is 0 Å². The Hall–Kier alpha value is -1.85. The quantitative estimate of drug-likeness (QED) is 0.597. The largest absolute Gasteiger partial charge is 0.357 e. The molecule has 0 aliphatic heterocycles. The third kappa shape index (κ3) is 5.98. The maximum atomic E-state index is 4.69. The topological polar surface area (TPSA) is 39.7 Å². The van der Waals surface area contributed by atoms with Crippen molar-refractivity contribution in [3.63, 3.8) is 0 Å². The Bertz CT molecular complexity index is 644. The number of benzene rings is 1. The van der Waals surface area contributed by atoms with Gasteiger partial charge in [-0.05, 0) is 56.1 Å². The molecule has 0 unspecified atom stereocenters. The summed E-state index contributed by atoms with van der Waals surface area (Å²) in [6.45, 7) is 7.56. The lowest BCUT2D eigenvalue weighted by Crippen LogP contribution is -2.36. The number of rotatable bonds is 7. The van der Waals surface area contributed by atoms with E-state index in [0.29, 0.717) is 6.54 Å². The second kappa shape index (κ2) is 9.45. The van der Waals surface area contributed by atoms with Gasteiger partial charge in [0.1, 0.15) is 0 Å². The molecule has 2 rings (SSSR count). The minimum Gasteiger partial charge on any atom is -0.357 e. The maximum absolute atomic E-state index is 4.69. The lowest BCUT2D eigenvalue weighted by molar-refractivity contribution is 0.402. The van der Waals surface area contributed by atoms with Crippen LogP contribution in [-0.4, -0.2) is 31.5 Å². The molecule has 1 aromatic carbocycles. The van der Waals surface area contributed by atoms with Gasteiger partial charge < -0.3 is 15.5 Å². The number of hydrogen-bond acceptors (Lipinski definition) is 3. The molecule has 0 bridgehead atoms. The van der Waals surface area contributed by atoms with Gasteiger partial charge in [0.05, 0.1) is 13.1 Å². The van der Waals surface area contributed by atoms with E-state index in [-0.39, 0.29) is 0 Å². The van der Waals surface area contributed by atoms with Crippen LogP contribution in [0.2, 0.25) is 0 Å². The molecule has 0 radical (unpaired) electrons. The van der Waals surface area contributed by atoms with Gasteiger partial charge in [0.15, 0.2) is 5.96 Å². The standard InChI is InChI=1S/C19H28N4S/c1-5-20-19(22-13-18-15(2)10-11-24-18)21-12-16-6-8-17(9-7-16)14-23(3)4/h6-11H,5,12-14H2,1-4H3,(H2,20,21,22). The average Bonchev–Trinajstić information content (AvgIpc) is 2.96. The average molecular weight is 345 g/mol. The molecule has 0 fully saturated rings. The molecule has 4 nitrogen and oxygen atoms in total. The third-order valence-corrected chi connectivity index (χ3v) is 4.69. The minimum atomic E-state index is 0.682. The summed E-state index contributed by atoms with van der Waals surface area (Å²) < 4.78 is 0. The zero-order valence-electron chi connectivity index (χ0n) is 15.1. The van der Waals surface area contributed by atoms with Gasteiger partial charge >= 0.3 is 0 Å². The van der Waals surface area contributed by atoms with Crippen LogP contribution in [0, 0.1) is 6.92 Å². The van der Waals surface area contributed by atoms with Crippen molar-refractivity contribution in [2.24, 2.45) is 4.99 Å². The highest BCUT2D eigenvalue weighted by molar-refractivity contribution is 7.10. The number of aliphatic imine (C=N–C) groups is 1. The van der Waals surface area contributed by atoms with Gasteiger partial charge in [-0.1, -0.05) is 24.3 Å². The minimum absolute atomic E-state index is 0.682. The predicted octanol–water partition coefficient (Wildman–Crippen LogP) is 3.37. The molecule has 1 heterocycles. The molecule has 0 atom stereocenters. The van der Waals surface area contributed by atoms with Crippen molar-refractivity contribution in [3.8, 4) is 0 Å². The van der Waals surface area contributed by atoms with E-state index in [1.807, 2.05) is 0 Å². The highest BCUT2D eigenvalue weighted by Crippen LogP contribution is 2.14. The van der Waals surface area contributed by atoms with Crippen molar-refractivity contribution < 1.29 is 0 Å². The molecule has 0 aliphatic carbocycles. The van der Waals surface area contributed by atoms with Crippen molar-refractivity contribution in [1.29, 1.82) is 0 Å². The first-order valence-electron chi connectivity index (χ1n) is 8.36. The van der Waals surface area contributed by atoms with E-state index >= 15 is 0 Å². The third-order valence-electron chi connectivity index (χ3n) is 3.67. The lowest BCUT2D eigenvalue weighted by Gasteiger charge is -2.12. The van der Waals surface area contributed by atoms with Crippen LogP contribution >= 0.6 is 11.3 Å². The van der Waals surface area contributed by atoms with Gasteiger partial charge in [0.25, 0.3) is 0 Å². The van der Waals surface area contributed by atoms with E-state index in [1.165, 1.54) is 21.6 Å². The fourth-order valence-electron chi connectivity index (χ4n) is 2.38. The van der Waals surface area contributed by atoms with Crippen molar-refractivity contribution in [2.45, 2.75) is 33.5 Å². The monoisotopic (exact) mass is 344 g/mol. The first-order chi connectivity index (χ1) is 11.6. The van der Waals surface area contributed by atoms with E-state index < -0.39 is 0 Å². The van der Waals surface area contributed by atoms with Crippen LogP contribution in [0.5, 0.6) is 0 Å².